The fraction of sp³-hybridized carbons (Fsp3) is 0.316. The molecule has 2 aromatic heterocycles. The molecule has 0 saturated carbocycles. The van der Waals surface area contributed by atoms with Crippen LogP contribution >= 0.6 is 0 Å². The van der Waals surface area contributed by atoms with Crippen molar-refractivity contribution in [3.05, 3.63) is 60.7 Å². The zero-order valence-electron chi connectivity index (χ0n) is 13.9. The van der Waals surface area contributed by atoms with Crippen LogP contribution in [0.3, 0.4) is 0 Å². The number of pyridine rings is 1. The number of fused-ring (bicyclic) bond motifs is 1. The fourth-order valence-corrected chi connectivity index (χ4v) is 3.13. The van der Waals surface area contributed by atoms with Crippen LogP contribution in [0, 0.1) is 0 Å². The van der Waals surface area contributed by atoms with Crippen molar-refractivity contribution in [3.63, 3.8) is 0 Å². The minimum Gasteiger partial charge on any atom is -0.368 e. The van der Waals surface area contributed by atoms with E-state index >= 15 is 0 Å². The quantitative estimate of drug-likeness (QED) is 0.734. The smallest absolute Gasteiger partial charge is 0.224 e. The largest absolute Gasteiger partial charge is 0.368 e. The molecule has 0 unspecified atom stereocenters. The van der Waals surface area contributed by atoms with Crippen molar-refractivity contribution in [2.75, 3.05) is 19.7 Å². The molecule has 1 amide bonds. The minimum absolute atomic E-state index is 0.129. The summed E-state index contributed by atoms with van der Waals surface area (Å²) in [6.45, 7) is 2.31. The van der Waals surface area contributed by atoms with E-state index in [-0.39, 0.29) is 12.0 Å². The van der Waals surface area contributed by atoms with Gasteiger partial charge in [0, 0.05) is 43.5 Å². The Kier molecular flexibility index (Phi) is 4.43. The molecule has 3 heterocycles. The highest BCUT2D eigenvalue weighted by atomic mass is 16.5. The topological polar surface area (TPSA) is 60.2 Å². The summed E-state index contributed by atoms with van der Waals surface area (Å²) in [5.74, 6) is 0.129. The first-order chi connectivity index (χ1) is 12.3. The summed E-state index contributed by atoms with van der Waals surface area (Å²) in [6.07, 6.45) is 5.73. The Morgan fingerprint density at radius 3 is 2.96 bits per heavy atom. The van der Waals surface area contributed by atoms with Gasteiger partial charge < -0.3 is 9.64 Å². The SMILES string of the molecule is O=C(CCn1cccn1)N1CCO[C@H](c2cc3ccccc3cn2)C1. The van der Waals surface area contributed by atoms with Crippen molar-refractivity contribution >= 4 is 16.7 Å². The maximum atomic E-state index is 12.5. The van der Waals surface area contributed by atoms with E-state index in [2.05, 4.69) is 22.2 Å². The number of carbonyl (C=O) groups is 1. The summed E-state index contributed by atoms with van der Waals surface area (Å²) in [6, 6.07) is 12.0. The van der Waals surface area contributed by atoms with E-state index in [1.165, 1.54) is 0 Å². The number of aryl methyl sites for hydroxylation is 1. The van der Waals surface area contributed by atoms with E-state index < -0.39 is 0 Å². The Bertz CT molecular complexity index is 863. The number of hydrogen-bond donors (Lipinski definition) is 0. The molecule has 1 aromatic carbocycles. The van der Waals surface area contributed by atoms with Gasteiger partial charge >= 0.3 is 0 Å². The van der Waals surface area contributed by atoms with Crippen LogP contribution in [0.15, 0.2) is 55.0 Å². The van der Waals surface area contributed by atoms with Crippen LogP contribution < -0.4 is 0 Å². The predicted octanol–water partition coefficient (Wildman–Crippen LogP) is 2.42. The lowest BCUT2D eigenvalue weighted by Gasteiger charge is -2.32. The zero-order chi connectivity index (χ0) is 17.1. The minimum atomic E-state index is -0.174. The number of morpholine rings is 1. The first-order valence-corrected chi connectivity index (χ1v) is 8.51. The van der Waals surface area contributed by atoms with Gasteiger partial charge in [-0.1, -0.05) is 24.3 Å². The second-order valence-corrected chi connectivity index (χ2v) is 6.17. The molecule has 1 fully saturated rings. The Labute approximate surface area is 146 Å². The number of aromatic nitrogens is 3. The van der Waals surface area contributed by atoms with Crippen LogP contribution in [0.1, 0.15) is 18.2 Å². The van der Waals surface area contributed by atoms with Gasteiger partial charge in [0.2, 0.25) is 5.91 Å². The summed E-state index contributed by atoms with van der Waals surface area (Å²) in [5, 5.41) is 6.38. The molecular weight excluding hydrogens is 316 g/mol. The standard InChI is InChI=1S/C19H20N4O2/c24-19(6-9-23-8-3-7-21-23)22-10-11-25-18(14-22)17-12-15-4-1-2-5-16(15)13-20-17/h1-5,7-8,12-13,18H,6,9-11,14H2/t18-/m0/s1. The lowest BCUT2D eigenvalue weighted by Crippen LogP contribution is -2.42. The van der Waals surface area contributed by atoms with Crippen LogP contribution in [0.25, 0.3) is 10.8 Å². The third kappa shape index (κ3) is 3.53. The monoisotopic (exact) mass is 336 g/mol. The molecule has 6 nitrogen and oxygen atoms in total. The van der Waals surface area contributed by atoms with Crippen LogP contribution in [0.2, 0.25) is 0 Å². The molecule has 6 heteroatoms. The van der Waals surface area contributed by atoms with Gasteiger partial charge in [0.1, 0.15) is 6.10 Å². The van der Waals surface area contributed by atoms with Crippen molar-refractivity contribution in [3.8, 4) is 0 Å². The molecule has 1 saturated heterocycles. The number of nitrogens with zero attached hydrogens (tertiary/aromatic N) is 4. The third-order valence-corrected chi connectivity index (χ3v) is 4.52. The van der Waals surface area contributed by atoms with Gasteiger partial charge in [0.15, 0.2) is 0 Å². The number of ether oxygens (including phenoxy) is 1. The molecule has 0 N–H and O–H groups in total. The van der Waals surface area contributed by atoms with Crippen molar-refractivity contribution in [1.82, 2.24) is 19.7 Å². The van der Waals surface area contributed by atoms with Gasteiger partial charge in [-0.05, 0) is 17.5 Å². The van der Waals surface area contributed by atoms with Crippen molar-refractivity contribution < 1.29 is 9.53 Å². The molecule has 0 radical (unpaired) electrons. The zero-order valence-corrected chi connectivity index (χ0v) is 13.9. The Balaban J connectivity index is 1.43. The molecule has 1 aliphatic heterocycles. The molecule has 1 aliphatic rings. The average molecular weight is 336 g/mol. The number of benzene rings is 1. The highest BCUT2D eigenvalue weighted by molar-refractivity contribution is 5.82. The van der Waals surface area contributed by atoms with E-state index in [9.17, 15) is 4.79 Å². The second kappa shape index (κ2) is 7.03. The highest BCUT2D eigenvalue weighted by Gasteiger charge is 2.26. The number of rotatable bonds is 4. The van der Waals surface area contributed by atoms with Crippen molar-refractivity contribution in [2.24, 2.45) is 0 Å². The van der Waals surface area contributed by atoms with Gasteiger partial charge in [0.25, 0.3) is 0 Å². The van der Waals surface area contributed by atoms with Crippen LogP contribution in [0.4, 0.5) is 0 Å². The average Bonchev–Trinajstić information content (AvgIpc) is 3.19. The van der Waals surface area contributed by atoms with Gasteiger partial charge in [-0.25, -0.2) is 0 Å². The van der Waals surface area contributed by atoms with Gasteiger partial charge in [0.05, 0.1) is 18.8 Å². The molecule has 1 atom stereocenters. The second-order valence-electron chi connectivity index (χ2n) is 6.17. The Morgan fingerprint density at radius 2 is 2.12 bits per heavy atom. The molecule has 25 heavy (non-hydrogen) atoms. The predicted molar refractivity (Wildman–Crippen MR) is 93.9 cm³/mol. The summed E-state index contributed by atoms with van der Waals surface area (Å²) < 4.78 is 7.65. The number of amides is 1. The highest BCUT2D eigenvalue weighted by Crippen LogP contribution is 2.24. The first-order valence-electron chi connectivity index (χ1n) is 8.51. The molecule has 0 spiro atoms. The maximum absolute atomic E-state index is 12.5. The van der Waals surface area contributed by atoms with Gasteiger partial charge in [-0.3, -0.25) is 14.5 Å². The van der Waals surface area contributed by atoms with Crippen molar-refractivity contribution in [1.29, 1.82) is 0 Å². The Morgan fingerprint density at radius 1 is 1.24 bits per heavy atom. The molecule has 3 aromatic rings. The molecule has 0 aliphatic carbocycles. The number of hydrogen-bond acceptors (Lipinski definition) is 4. The fourth-order valence-electron chi connectivity index (χ4n) is 3.13. The number of carbonyl (C=O) groups excluding carboxylic acids is 1. The lowest BCUT2D eigenvalue weighted by molar-refractivity contribution is -0.139. The van der Waals surface area contributed by atoms with Crippen LogP contribution in [0.5, 0.6) is 0 Å². The third-order valence-electron chi connectivity index (χ3n) is 4.52. The lowest BCUT2D eigenvalue weighted by atomic mass is 10.1. The summed E-state index contributed by atoms with van der Waals surface area (Å²) in [4.78, 5) is 18.9. The molecule has 4 rings (SSSR count). The van der Waals surface area contributed by atoms with E-state index in [0.29, 0.717) is 32.7 Å². The summed E-state index contributed by atoms with van der Waals surface area (Å²) >= 11 is 0. The molecule has 0 bridgehead atoms. The molecular formula is C19H20N4O2. The van der Waals surface area contributed by atoms with E-state index in [4.69, 9.17) is 4.74 Å². The van der Waals surface area contributed by atoms with E-state index in [1.807, 2.05) is 41.6 Å². The maximum Gasteiger partial charge on any atom is 0.224 e. The van der Waals surface area contributed by atoms with Crippen LogP contribution in [-0.4, -0.2) is 45.3 Å². The van der Waals surface area contributed by atoms with Gasteiger partial charge in [-0.15, -0.1) is 0 Å². The first kappa shape index (κ1) is 15.8. The van der Waals surface area contributed by atoms with Gasteiger partial charge in [-0.2, -0.15) is 5.10 Å². The normalized spacial score (nSPS) is 17.8. The summed E-state index contributed by atoms with van der Waals surface area (Å²) in [5.41, 5.74) is 0.878. The van der Waals surface area contributed by atoms with E-state index in [0.717, 1.165) is 16.5 Å². The molecule has 128 valence electrons. The van der Waals surface area contributed by atoms with E-state index in [1.54, 1.807) is 10.9 Å². The van der Waals surface area contributed by atoms with Crippen molar-refractivity contribution in [2.45, 2.75) is 19.1 Å². The Hall–Kier alpha value is -2.73. The summed E-state index contributed by atoms with van der Waals surface area (Å²) in [7, 11) is 0. The van der Waals surface area contributed by atoms with Crippen LogP contribution in [-0.2, 0) is 16.1 Å².